The van der Waals surface area contributed by atoms with Crippen LogP contribution in [-0.4, -0.2) is 37.1 Å². The molecular weight excluding hydrogens is 378 g/mol. The van der Waals surface area contributed by atoms with Crippen molar-refractivity contribution in [1.29, 1.82) is 0 Å². The molecule has 0 spiro atoms. The molecule has 0 saturated carbocycles. The van der Waals surface area contributed by atoms with E-state index < -0.39 is 0 Å². The quantitative estimate of drug-likeness (QED) is 0.224. The number of ether oxygens (including phenoxy) is 3. The molecule has 6 nitrogen and oxygen atoms in total. The van der Waals surface area contributed by atoms with E-state index in [4.69, 9.17) is 14.2 Å². The van der Waals surface area contributed by atoms with Gasteiger partial charge in [-0.1, -0.05) is 0 Å². The van der Waals surface area contributed by atoms with Gasteiger partial charge in [0.25, 0.3) is 0 Å². The Balaban J connectivity index is 1.85. The topological polar surface area (TPSA) is 74.7 Å². The van der Waals surface area contributed by atoms with E-state index in [1.54, 1.807) is 38.4 Å². The molecule has 0 atom stereocenters. The lowest BCUT2D eigenvalue weighted by Gasteiger charge is -2.11. The summed E-state index contributed by atoms with van der Waals surface area (Å²) in [4.78, 5) is 27.6. The smallest absolute Gasteiger partial charge is 0.305 e. The van der Waals surface area contributed by atoms with Crippen molar-refractivity contribution >= 4 is 29.2 Å². The Morgan fingerprint density at radius 2 is 2.07 bits per heavy atom. The third kappa shape index (κ3) is 7.15. The van der Waals surface area contributed by atoms with Crippen molar-refractivity contribution in [2.24, 2.45) is 0 Å². The van der Waals surface area contributed by atoms with Crippen LogP contribution < -0.4 is 9.47 Å². The first kappa shape index (κ1) is 21.6. The molecule has 0 bridgehead atoms. The van der Waals surface area contributed by atoms with Gasteiger partial charge in [0, 0.05) is 23.4 Å². The highest BCUT2D eigenvalue weighted by atomic mass is 32.1. The number of unbranched alkanes of at least 4 members (excludes halogenated alkanes) is 2. The maximum atomic E-state index is 12.1. The lowest BCUT2D eigenvalue weighted by molar-refractivity contribution is -0.143. The number of aromatic nitrogens is 1. The number of hydrogen-bond acceptors (Lipinski definition) is 7. The fourth-order valence-electron chi connectivity index (χ4n) is 2.42. The first-order valence-electron chi connectivity index (χ1n) is 9.21. The molecule has 0 unspecified atom stereocenters. The molecule has 2 heterocycles. The fraction of sp³-hybridized carbons (Fsp3) is 0.381. The average molecular weight is 404 g/mol. The highest BCUT2D eigenvalue weighted by Gasteiger charge is 2.07. The zero-order valence-electron chi connectivity index (χ0n) is 16.2. The van der Waals surface area contributed by atoms with Gasteiger partial charge < -0.3 is 14.2 Å². The molecule has 0 aliphatic rings. The molecule has 0 fully saturated rings. The number of hydrogen-bond donors (Lipinski definition) is 0. The minimum Gasteiger partial charge on any atom is -0.491 e. The molecule has 0 saturated heterocycles. The summed E-state index contributed by atoms with van der Waals surface area (Å²) in [5.74, 6) is 0.883. The van der Waals surface area contributed by atoms with E-state index in [-0.39, 0.29) is 11.8 Å². The minimum absolute atomic E-state index is 0.0667. The van der Waals surface area contributed by atoms with Gasteiger partial charge in [-0.25, -0.2) is 0 Å². The molecule has 0 amide bonds. The Bertz CT molecular complexity index is 786. The lowest BCUT2D eigenvalue weighted by atomic mass is 10.2. The van der Waals surface area contributed by atoms with Crippen LogP contribution >= 0.6 is 11.3 Å². The largest absolute Gasteiger partial charge is 0.491 e. The first-order valence-corrected chi connectivity index (χ1v) is 10.2. The number of carbonyl (C=O) groups excluding carboxylic acids is 2. The number of methoxy groups -OCH3 is 1. The number of carbonyl (C=O) groups is 2. The SMILES string of the molecule is CCOC(=O)CCCCCOc1cc(C=CC(=O)c2ccsc2)ncc1OC. The van der Waals surface area contributed by atoms with Crippen LogP contribution in [0.2, 0.25) is 0 Å². The number of pyridine rings is 1. The predicted molar refractivity (Wildman–Crippen MR) is 109 cm³/mol. The molecular formula is C21H25NO5S. The van der Waals surface area contributed by atoms with Crippen LogP contribution in [0.15, 0.2) is 35.2 Å². The van der Waals surface area contributed by atoms with E-state index in [0.717, 1.165) is 19.3 Å². The number of esters is 1. The Hall–Kier alpha value is -2.67. The Labute approximate surface area is 169 Å². The van der Waals surface area contributed by atoms with Crippen molar-refractivity contribution in [3.05, 3.63) is 46.4 Å². The number of rotatable bonds is 12. The predicted octanol–water partition coefficient (Wildman–Crippen LogP) is 4.55. The highest BCUT2D eigenvalue weighted by molar-refractivity contribution is 7.08. The molecule has 0 radical (unpaired) electrons. The second kappa shape index (κ2) is 11.9. The van der Waals surface area contributed by atoms with Crippen LogP contribution in [0.3, 0.4) is 0 Å². The third-order valence-corrected chi connectivity index (χ3v) is 4.56. The summed E-state index contributed by atoms with van der Waals surface area (Å²) >= 11 is 1.48. The zero-order chi connectivity index (χ0) is 20.2. The molecule has 2 rings (SSSR count). The minimum atomic E-state index is -0.160. The van der Waals surface area contributed by atoms with E-state index in [9.17, 15) is 9.59 Å². The Morgan fingerprint density at radius 1 is 1.21 bits per heavy atom. The molecule has 2 aromatic rings. The molecule has 7 heteroatoms. The second-order valence-electron chi connectivity index (χ2n) is 5.93. The summed E-state index contributed by atoms with van der Waals surface area (Å²) in [7, 11) is 1.55. The molecule has 28 heavy (non-hydrogen) atoms. The van der Waals surface area contributed by atoms with E-state index in [1.165, 1.54) is 17.4 Å². The van der Waals surface area contributed by atoms with Crippen LogP contribution in [0.5, 0.6) is 11.5 Å². The fourth-order valence-corrected chi connectivity index (χ4v) is 3.07. The van der Waals surface area contributed by atoms with Crippen LogP contribution in [0.4, 0.5) is 0 Å². The van der Waals surface area contributed by atoms with Gasteiger partial charge in [0.2, 0.25) is 0 Å². The first-order chi connectivity index (χ1) is 13.6. The van der Waals surface area contributed by atoms with Crippen molar-refractivity contribution in [3.8, 4) is 11.5 Å². The van der Waals surface area contributed by atoms with E-state index in [2.05, 4.69) is 4.98 Å². The van der Waals surface area contributed by atoms with Gasteiger partial charge in [-0.2, -0.15) is 11.3 Å². The van der Waals surface area contributed by atoms with E-state index in [1.807, 2.05) is 10.8 Å². The summed E-state index contributed by atoms with van der Waals surface area (Å²) in [6.07, 6.45) is 7.61. The van der Waals surface area contributed by atoms with Crippen LogP contribution in [0, 0.1) is 0 Å². The van der Waals surface area contributed by atoms with Crippen molar-refractivity contribution in [1.82, 2.24) is 4.98 Å². The Kier molecular flexibility index (Phi) is 9.21. The average Bonchev–Trinajstić information content (AvgIpc) is 3.24. The standard InChI is InChI=1S/C21H25NO5S/c1-3-26-21(24)7-5-4-6-11-27-19-13-17(22-14-20(19)25-2)8-9-18(23)16-10-12-28-15-16/h8-10,12-15H,3-7,11H2,1-2H3. The molecule has 0 aliphatic carbocycles. The van der Waals surface area contributed by atoms with Gasteiger partial charge in [0.05, 0.1) is 32.2 Å². The van der Waals surface area contributed by atoms with Gasteiger partial charge in [0.15, 0.2) is 17.3 Å². The van der Waals surface area contributed by atoms with E-state index in [0.29, 0.717) is 42.4 Å². The van der Waals surface area contributed by atoms with Gasteiger partial charge in [-0.3, -0.25) is 14.6 Å². The Morgan fingerprint density at radius 3 is 2.79 bits per heavy atom. The van der Waals surface area contributed by atoms with Crippen molar-refractivity contribution < 1.29 is 23.8 Å². The number of nitrogens with zero attached hydrogens (tertiary/aromatic N) is 1. The number of thiophene rings is 1. The summed E-state index contributed by atoms with van der Waals surface area (Å²) in [6.45, 7) is 2.72. The maximum Gasteiger partial charge on any atom is 0.305 e. The maximum absolute atomic E-state index is 12.1. The summed E-state index contributed by atoms with van der Waals surface area (Å²) in [5.41, 5.74) is 1.27. The second-order valence-corrected chi connectivity index (χ2v) is 6.71. The summed E-state index contributed by atoms with van der Waals surface area (Å²) in [5, 5.41) is 3.68. The van der Waals surface area contributed by atoms with Gasteiger partial charge in [0.1, 0.15) is 0 Å². The molecule has 0 N–H and O–H groups in total. The third-order valence-electron chi connectivity index (χ3n) is 3.87. The van der Waals surface area contributed by atoms with Crippen LogP contribution in [0.1, 0.15) is 48.7 Å². The van der Waals surface area contributed by atoms with Crippen molar-refractivity contribution in [3.63, 3.8) is 0 Å². The number of allylic oxidation sites excluding steroid dienone is 1. The molecule has 2 aromatic heterocycles. The summed E-state index contributed by atoms with van der Waals surface area (Å²) in [6, 6.07) is 3.53. The van der Waals surface area contributed by atoms with Crippen molar-refractivity contribution in [2.75, 3.05) is 20.3 Å². The van der Waals surface area contributed by atoms with Crippen molar-refractivity contribution in [2.45, 2.75) is 32.6 Å². The van der Waals surface area contributed by atoms with Gasteiger partial charge in [-0.05, 0) is 49.8 Å². The monoisotopic (exact) mass is 403 g/mol. The lowest BCUT2D eigenvalue weighted by Crippen LogP contribution is -2.04. The zero-order valence-corrected chi connectivity index (χ0v) is 17.0. The van der Waals surface area contributed by atoms with E-state index >= 15 is 0 Å². The van der Waals surface area contributed by atoms with Crippen LogP contribution in [0.25, 0.3) is 6.08 Å². The molecule has 150 valence electrons. The normalized spacial score (nSPS) is 10.8. The van der Waals surface area contributed by atoms with Gasteiger partial charge >= 0.3 is 5.97 Å². The highest BCUT2D eigenvalue weighted by Crippen LogP contribution is 2.27. The molecule has 0 aromatic carbocycles. The van der Waals surface area contributed by atoms with Gasteiger partial charge in [-0.15, -0.1) is 0 Å². The summed E-state index contributed by atoms with van der Waals surface area (Å²) < 4.78 is 16.0. The number of ketones is 1. The molecule has 0 aliphatic heterocycles. The van der Waals surface area contributed by atoms with Crippen LogP contribution in [-0.2, 0) is 9.53 Å².